The maximum Gasteiger partial charge on any atom is 0.235 e. The highest BCUT2D eigenvalue weighted by Crippen LogP contribution is 2.19. The Bertz CT molecular complexity index is 355. The largest absolute Gasteiger partial charge is 0.497 e. The minimum absolute atomic E-state index is 0.141. The first-order chi connectivity index (χ1) is 7.67. The fourth-order valence-corrected chi connectivity index (χ4v) is 1.38. The van der Waals surface area contributed by atoms with Crippen LogP contribution in [0.4, 0.5) is 0 Å². The highest BCUT2D eigenvalue weighted by atomic mass is 16.5. The van der Waals surface area contributed by atoms with E-state index >= 15 is 0 Å². The molecule has 1 aromatic rings. The molecule has 1 amide bonds. The molecular weight excluding hydrogens is 206 g/mol. The second kappa shape index (κ2) is 6.09. The molecule has 5 nitrogen and oxygen atoms in total. The van der Waals surface area contributed by atoms with Crippen LogP contribution in [0.1, 0.15) is 18.0 Å². The van der Waals surface area contributed by atoms with Gasteiger partial charge in [-0.05, 0) is 17.7 Å². The number of hydrogen-bond acceptors (Lipinski definition) is 4. The van der Waals surface area contributed by atoms with Gasteiger partial charge in [-0.2, -0.15) is 0 Å². The molecule has 4 N–H and O–H groups in total. The number of nitrogens with two attached hydrogens (primary N) is 1. The molecule has 0 aliphatic rings. The Labute approximate surface area is 94.9 Å². The van der Waals surface area contributed by atoms with Crippen molar-refractivity contribution in [2.45, 2.75) is 12.5 Å². The summed E-state index contributed by atoms with van der Waals surface area (Å²) in [6.07, 6.45) is 0.230. The fourth-order valence-electron chi connectivity index (χ4n) is 1.38. The lowest BCUT2D eigenvalue weighted by Gasteiger charge is -2.12. The molecule has 0 aliphatic heterocycles. The van der Waals surface area contributed by atoms with E-state index in [4.69, 9.17) is 10.5 Å². The van der Waals surface area contributed by atoms with Gasteiger partial charge >= 0.3 is 0 Å². The molecule has 0 aliphatic carbocycles. The summed E-state index contributed by atoms with van der Waals surface area (Å²) in [6.45, 7) is 0. The Kier molecular flexibility index (Phi) is 4.75. The first kappa shape index (κ1) is 12.5. The second-order valence-electron chi connectivity index (χ2n) is 3.39. The van der Waals surface area contributed by atoms with E-state index in [0.717, 1.165) is 11.3 Å². The number of methoxy groups -OCH3 is 1. The van der Waals surface area contributed by atoms with E-state index in [9.17, 15) is 4.79 Å². The van der Waals surface area contributed by atoms with Crippen molar-refractivity contribution in [3.8, 4) is 5.75 Å². The van der Waals surface area contributed by atoms with Gasteiger partial charge in [-0.3, -0.25) is 10.2 Å². The molecule has 1 aromatic carbocycles. The van der Waals surface area contributed by atoms with Crippen molar-refractivity contribution in [1.29, 1.82) is 0 Å². The predicted molar refractivity (Wildman–Crippen MR) is 61.7 cm³/mol. The minimum atomic E-state index is -0.330. The highest BCUT2D eigenvalue weighted by molar-refractivity contribution is 5.76. The van der Waals surface area contributed by atoms with Gasteiger partial charge in [0.15, 0.2) is 0 Å². The smallest absolute Gasteiger partial charge is 0.235 e. The van der Waals surface area contributed by atoms with E-state index in [1.165, 1.54) is 0 Å². The van der Waals surface area contributed by atoms with Crippen LogP contribution in [0.15, 0.2) is 24.3 Å². The van der Waals surface area contributed by atoms with Crippen LogP contribution in [-0.4, -0.2) is 20.1 Å². The predicted octanol–water partition coefficient (Wildman–Crippen LogP) is 0.336. The summed E-state index contributed by atoms with van der Waals surface area (Å²) in [7, 11) is 3.23. The molecule has 0 saturated heterocycles. The molecule has 1 rings (SSSR count). The lowest BCUT2D eigenvalue weighted by atomic mass is 10.0. The van der Waals surface area contributed by atoms with Crippen LogP contribution < -0.4 is 21.3 Å². The fraction of sp³-hybridized carbons (Fsp3) is 0.364. The molecule has 88 valence electrons. The zero-order valence-corrected chi connectivity index (χ0v) is 9.49. The second-order valence-corrected chi connectivity index (χ2v) is 3.39. The normalized spacial score (nSPS) is 11.9. The number of nitrogens with one attached hydrogen (secondary N) is 2. The summed E-state index contributed by atoms with van der Waals surface area (Å²) >= 11 is 0. The Morgan fingerprint density at radius 1 is 1.56 bits per heavy atom. The van der Waals surface area contributed by atoms with Gasteiger partial charge in [0, 0.05) is 19.5 Å². The van der Waals surface area contributed by atoms with E-state index in [1.54, 1.807) is 14.2 Å². The highest BCUT2D eigenvalue weighted by Gasteiger charge is 2.11. The first-order valence-electron chi connectivity index (χ1n) is 5.02. The lowest BCUT2D eigenvalue weighted by molar-refractivity contribution is -0.122. The molecule has 0 bridgehead atoms. The number of rotatable bonds is 5. The number of benzene rings is 1. The Hall–Kier alpha value is -1.59. The third-order valence-electron chi connectivity index (χ3n) is 2.19. The summed E-state index contributed by atoms with van der Waals surface area (Å²) in [5.41, 5.74) is 11.8. The van der Waals surface area contributed by atoms with Crippen LogP contribution in [0, 0.1) is 0 Å². The number of hydrazine groups is 1. The summed E-state index contributed by atoms with van der Waals surface area (Å²) in [5, 5.41) is 0. The summed E-state index contributed by atoms with van der Waals surface area (Å²) in [6, 6.07) is 7.06. The minimum Gasteiger partial charge on any atom is -0.497 e. The number of amides is 1. The van der Waals surface area contributed by atoms with Crippen LogP contribution >= 0.6 is 0 Å². The van der Waals surface area contributed by atoms with Crippen LogP contribution in [0.5, 0.6) is 5.75 Å². The molecule has 0 heterocycles. The van der Waals surface area contributed by atoms with Gasteiger partial charge in [-0.15, -0.1) is 0 Å². The van der Waals surface area contributed by atoms with Gasteiger partial charge in [0.2, 0.25) is 5.91 Å². The van der Waals surface area contributed by atoms with Crippen molar-refractivity contribution in [3.05, 3.63) is 29.8 Å². The van der Waals surface area contributed by atoms with Crippen molar-refractivity contribution in [1.82, 2.24) is 10.9 Å². The number of hydrogen-bond donors (Lipinski definition) is 3. The third kappa shape index (κ3) is 3.52. The van der Waals surface area contributed by atoms with Crippen molar-refractivity contribution in [2.75, 3.05) is 14.2 Å². The van der Waals surface area contributed by atoms with E-state index < -0.39 is 0 Å². The van der Waals surface area contributed by atoms with Crippen LogP contribution in [0.2, 0.25) is 0 Å². The van der Waals surface area contributed by atoms with E-state index in [-0.39, 0.29) is 18.4 Å². The standard InChI is InChI=1S/C11H17N3O2/c1-13-14-11(15)7-10(12)8-4-3-5-9(6-8)16-2/h3-6,10,13H,7,12H2,1-2H3,(H,14,15). The van der Waals surface area contributed by atoms with Crippen molar-refractivity contribution in [3.63, 3.8) is 0 Å². The molecule has 0 saturated carbocycles. The van der Waals surface area contributed by atoms with Gasteiger partial charge in [0.05, 0.1) is 7.11 Å². The quantitative estimate of drug-likeness (QED) is 0.629. The molecule has 16 heavy (non-hydrogen) atoms. The van der Waals surface area contributed by atoms with Gasteiger partial charge in [-0.1, -0.05) is 12.1 Å². The van der Waals surface area contributed by atoms with Gasteiger partial charge in [0.1, 0.15) is 5.75 Å². The molecule has 0 radical (unpaired) electrons. The summed E-state index contributed by atoms with van der Waals surface area (Å²) < 4.78 is 5.09. The van der Waals surface area contributed by atoms with Gasteiger partial charge < -0.3 is 10.5 Å². The number of carbonyl (C=O) groups excluding carboxylic acids is 1. The average molecular weight is 223 g/mol. The van der Waals surface area contributed by atoms with Crippen molar-refractivity contribution in [2.24, 2.45) is 5.73 Å². The Balaban J connectivity index is 2.64. The molecule has 0 spiro atoms. The average Bonchev–Trinajstić information content (AvgIpc) is 2.29. The maximum absolute atomic E-state index is 11.3. The van der Waals surface area contributed by atoms with Crippen molar-refractivity contribution < 1.29 is 9.53 Å². The molecule has 0 aromatic heterocycles. The summed E-state index contributed by atoms with van der Waals surface area (Å²) in [4.78, 5) is 11.3. The molecule has 0 fully saturated rings. The molecular formula is C11H17N3O2. The zero-order chi connectivity index (χ0) is 12.0. The van der Waals surface area contributed by atoms with Crippen LogP contribution in [-0.2, 0) is 4.79 Å². The van der Waals surface area contributed by atoms with E-state index in [0.29, 0.717) is 0 Å². The molecule has 5 heteroatoms. The zero-order valence-electron chi connectivity index (χ0n) is 9.49. The van der Waals surface area contributed by atoms with Gasteiger partial charge in [-0.25, -0.2) is 5.43 Å². The maximum atomic E-state index is 11.3. The number of ether oxygens (including phenoxy) is 1. The topological polar surface area (TPSA) is 76.4 Å². The van der Waals surface area contributed by atoms with Crippen LogP contribution in [0.3, 0.4) is 0 Å². The Morgan fingerprint density at radius 2 is 2.31 bits per heavy atom. The SMILES string of the molecule is CNNC(=O)CC(N)c1cccc(OC)c1. The summed E-state index contributed by atoms with van der Waals surface area (Å²) in [5.74, 6) is 0.597. The monoisotopic (exact) mass is 223 g/mol. The van der Waals surface area contributed by atoms with E-state index in [1.807, 2.05) is 24.3 Å². The number of carbonyl (C=O) groups is 1. The van der Waals surface area contributed by atoms with Crippen molar-refractivity contribution >= 4 is 5.91 Å². The van der Waals surface area contributed by atoms with E-state index in [2.05, 4.69) is 10.9 Å². The third-order valence-corrected chi connectivity index (χ3v) is 2.19. The van der Waals surface area contributed by atoms with Gasteiger partial charge in [0.25, 0.3) is 0 Å². The van der Waals surface area contributed by atoms with Crippen LogP contribution in [0.25, 0.3) is 0 Å². The Morgan fingerprint density at radius 3 is 2.94 bits per heavy atom. The lowest BCUT2D eigenvalue weighted by Crippen LogP contribution is -2.36. The first-order valence-corrected chi connectivity index (χ1v) is 5.02. The molecule has 1 atom stereocenters. The molecule has 1 unspecified atom stereocenters.